The van der Waals surface area contributed by atoms with Crippen molar-refractivity contribution < 1.29 is 127 Å². The maximum Gasteiger partial charge on any atom is 0.326 e. The third kappa shape index (κ3) is 24.5. The van der Waals surface area contributed by atoms with Crippen LogP contribution in [0.3, 0.4) is 0 Å². The second kappa shape index (κ2) is 37.4. The number of aliphatic carboxylic acids is 8. The van der Waals surface area contributed by atoms with E-state index < -0.39 is 231 Å². The third-order valence-corrected chi connectivity index (χ3v) is 22.6. The van der Waals surface area contributed by atoms with Crippen LogP contribution < -0.4 is 26.6 Å². The van der Waals surface area contributed by atoms with E-state index in [1.54, 1.807) is 46.9 Å². The Morgan fingerprint density at radius 2 is 0.686 bits per heavy atom. The van der Waals surface area contributed by atoms with Crippen molar-refractivity contribution in [1.82, 2.24) is 26.6 Å². The zero-order chi connectivity index (χ0) is 75.4. The van der Waals surface area contributed by atoms with Gasteiger partial charge in [-0.2, -0.15) is 0 Å². The third-order valence-electron chi connectivity index (χ3n) is 15.1. The van der Waals surface area contributed by atoms with Gasteiger partial charge in [0.1, 0.15) is 6.04 Å². The number of carbonyl (C=O) groups excluding carboxylic acids is 10. The van der Waals surface area contributed by atoms with Crippen molar-refractivity contribution >= 4 is 174 Å². The molecule has 6 aromatic heterocycles. The van der Waals surface area contributed by atoms with Gasteiger partial charge in [0.25, 0.3) is 5.91 Å². The number of carbonyl (C=O) groups is 18. The predicted octanol–water partition coefficient (Wildman–Crippen LogP) is 6.38. The maximum atomic E-state index is 13.4. The minimum atomic E-state index is -1.85. The zero-order valence-electron chi connectivity index (χ0n) is 53.6. The van der Waals surface area contributed by atoms with E-state index in [0.717, 1.165) is 74.0 Å². The molecule has 542 valence electrons. The minimum Gasteiger partial charge on any atom is -0.481 e. The van der Waals surface area contributed by atoms with Crippen LogP contribution in [0.4, 0.5) is 0 Å². The summed E-state index contributed by atoms with van der Waals surface area (Å²) in [7, 11) is 0. The lowest BCUT2D eigenvalue weighted by Gasteiger charge is -2.22. The van der Waals surface area contributed by atoms with Gasteiger partial charge in [-0.25, -0.2) is 4.79 Å². The van der Waals surface area contributed by atoms with Crippen molar-refractivity contribution in [3.05, 3.63) is 82.6 Å². The summed E-state index contributed by atoms with van der Waals surface area (Å²) in [4.78, 5) is 233. The molecule has 13 N–H and O–H groups in total. The van der Waals surface area contributed by atoms with Gasteiger partial charge in [0.05, 0.1) is 90.7 Å². The van der Waals surface area contributed by atoms with Crippen LogP contribution in [0.2, 0.25) is 0 Å². The molecule has 37 heteroatoms. The largest absolute Gasteiger partial charge is 0.481 e. The fraction of sp³-hybridized carbons (Fsp3) is 0.354. The molecule has 0 aliphatic rings. The fourth-order valence-electron chi connectivity index (χ4n) is 9.82. The zero-order valence-corrected chi connectivity index (χ0v) is 58.5. The molecule has 31 nitrogen and oxygen atoms in total. The van der Waals surface area contributed by atoms with Crippen LogP contribution in [-0.2, 0) is 76.7 Å². The topological polar surface area (TPSA) is 529 Å². The molecule has 0 saturated heterocycles. The lowest BCUT2D eigenvalue weighted by Crippen LogP contribution is -2.48. The van der Waals surface area contributed by atoms with E-state index in [1.807, 2.05) is 53.8 Å². The summed E-state index contributed by atoms with van der Waals surface area (Å²) in [5.74, 6) is -28.0. The van der Waals surface area contributed by atoms with Gasteiger partial charge in [-0.05, 0) is 79.7 Å². The molecule has 0 aliphatic heterocycles. The molecular weight excluding hydrogens is 1460 g/mol. The quantitative estimate of drug-likeness (QED) is 0.0184. The van der Waals surface area contributed by atoms with Crippen LogP contribution in [0.25, 0.3) is 48.8 Å². The van der Waals surface area contributed by atoms with Crippen LogP contribution in [0.5, 0.6) is 0 Å². The first-order valence-corrected chi connectivity index (χ1v) is 35.4. The smallest absolute Gasteiger partial charge is 0.326 e. The first-order valence-electron chi connectivity index (χ1n) is 30.5. The molecule has 0 saturated carbocycles. The Bertz CT molecular complexity index is 3980. The summed E-state index contributed by atoms with van der Waals surface area (Å²) >= 11 is 8.39. The Hall–Kier alpha value is -10.3. The SMILES string of the molecule is C[C@H](CC(=O)[C@H](CC(=O)O)NC(=O)[C@H](CC(=O)O)CC(=O)CNC(=O)c1ccc(-c2ccc(-c3ccc(-c4ccc(-c5ccc(-c6ccc(C(=O)CCC(=O)N[C@@H](CC(=O)O)C(=O)C[C@@H](CC(=O)O)C(=O)N[C@@H](C)C(=O)C[C@@H](CC(=O)O)C(=O)O)s6)s5)s4)s3)s2)s1)C(=O)N[C@@H](CC(=O)O)C(=O)O. The van der Waals surface area contributed by atoms with E-state index in [9.17, 15) is 117 Å². The highest BCUT2D eigenvalue weighted by atomic mass is 32.1. The van der Waals surface area contributed by atoms with Gasteiger partial charge in [-0.3, -0.25) is 81.5 Å². The number of amides is 5. The number of rotatable bonds is 44. The van der Waals surface area contributed by atoms with Crippen molar-refractivity contribution in [2.24, 2.45) is 23.7 Å². The predicted molar refractivity (Wildman–Crippen MR) is 367 cm³/mol. The first kappa shape index (κ1) is 80.6. The molecular formula is C65H65N5O26S6. The van der Waals surface area contributed by atoms with E-state index in [4.69, 9.17) is 10.2 Å². The molecule has 5 amide bonds. The van der Waals surface area contributed by atoms with Gasteiger partial charge < -0.3 is 67.4 Å². The number of Topliss-reactive ketones (excluding diaryl/α,β-unsaturated/α-hetero) is 5. The molecule has 6 heterocycles. The van der Waals surface area contributed by atoms with E-state index in [0.29, 0.717) is 4.88 Å². The van der Waals surface area contributed by atoms with Crippen LogP contribution >= 0.6 is 68.0 Å². The fourth-order valence-corrected chi connectivity index (χ4v) is 16.2. The monoisotopic (exact) mass is 1520 g/mol. The summed E-state index contributed by atoms with van der Waals surface area (Å²) in [6, 6.07) is 15.4. The van der Waals surface area contributed by atoms with E-state index in [1.165, 1.54) is 34.0 Å². The van der Waals surface area contributed by atoms with Gasteiger partial charge in [0.15, 0.2) is 28.9 Å². The number of hydrogen-bond acceptors (Lipinski definition) is 24. The number of carboxylic acids is 8. The summed E-state index contributed by atoms with van der Waals surface area (Å²) in [5, 5.41) is 85.5. The average molecular weight is 1520 g/mol. The Labute approximate surface area is 601 Å². The van der Waals surface area contributed by atoms with Gasteiger partial charge in [0, 0.05) is 93.2 Å². The summed E-state index contributed by atoms with van der Waals surface area (Å²) in [5.41, 5.74) is 0. The molecule has 6 rings (SSSR count). The number of carboxylic acid groups (broad SMARTS) is 8. The summed E-state index contributed by atoms with van der Waals surface area (Å²) in [6.45, 7) is 1.66. The number of hydrogen-bond donors (Lipinski definition) is 13. The molecule has 102 heavy (non-hydrogen) atoms. The highest BCUT2D eigenvalue weighted by Gasteiger charge is 2.36. The Kier molecular flexibility index (Phi) is 29.5. The van der Waals surface area contributed by atoms with E-state index in [2.05, 4.69) is 21.3 Å². The lowest BCUT2D eigenvalue weighted by molar-refractivity contribution is -0.149. The van der Waals surface area contributed by atoms with Crippen molar-refractivity contribution in [1.29, 1.82) is 0 Å². The number of thiophene rings is 6. The Balaban J connectivity index is 0.988. The minimum absolute atomic E-state index is 0.217. The Morgan fingerprint density at radius 3 is 1.13 bits per heavy atom. The van der Waals surface area contributed by atoms with E-state index >= 15 is 0 Å². The summed E-state index contributed by atoms with van der Waals surface area (Å²) in [6.07, 6.45) is -9.85. The molecule has 0 fully saturated rings. The standard InChI is InChI=1S/C65H65N5O26S6/c1-28(60(89)70-36(65(95)96)26-59(87)88)17-39(74)35(25-58(85)86)69-62(91)30(21-54(77)78)18-33(71)27-66-63(92)52-15-14-51(102-52)50-13-12-49(101-50)48-11-10-47(100-48)46-9-8-45(99-46)44-7-6-43(98-44)42-5-4-41(97-42)37(72)3-16-53(76)68-34(24-57(83)84)40(75)19-31(22-55(79)80)61(90)67-29(2)38(73)20-32(64(93)94)23-56(81)82/h4-15,28-32,34-36H,3,16-27H2,1-2H3,(H,66,92)(H,67,90)(H,68,76)(H,69,91)(H,70,89)(H,77,78)(H,79,80)(H,81,82)(H,83,84)(H,85,86)(H,87,88)(H,93,94)(H,95,96)/t28-,29+,30+,31+,32+,34+,35+,36+/m1/s1. The summed E-state index contributed by atoms with van der Waals surface area (Å²) < 4.78 is 0. The molecule has 8 atom stereocenters. The second-order valence-corrected chi connectivity index (χ2v) is 29.6. The van der Waals surface area contributed by atoms with Crippen molar-refractivity contribution in [2.75, 3.05) is 6.54 Å². The maximum absolute atomic E-state index is 13.4. The molecule has 0 bridgehead atoms. The highest BCUT2D eigenvalue weighted by Crippen LogP contribution is 2.46. The van der Waals surface area contributed by atoms with Gasteiger partial charge in [0.2, 0.25) is 23.6 Å². The Morgan fingerprint density at radius 1 is 0.333 bits per heavy atom. The van der Waals surface area contributed by atoms with Crippen LogP contribution in [0, 0.1) is 23.7 Å². The average Bonchev–Trinajstić information content (AvgIpc) is 1.66. The van der Waals surface area contributed by atoms with Crippen molar-refractivity contribution in [2.45, 2.75) is 115 Å². The van der Waals surface area contributed by atoms with Crippen LogP contribution in [-0.4, -0.2) is 178 Å². The van der Waals surface area contributed by atoms with Crippen molar-refractivity contribution in [3.63, 3.8) is 0 Å². The van der Waals surface area contributed by atoms with Crippen molar-refractivity contribution in [3.8, 4) is 48.8 Å². The molecule has 0 unspecified atom stereocenters. The molecule has 0 aliphatic carbocycles. The lowest BCUT2D eigenvalue weighted by atomic mass is 9.92. The van der Waals surface area contributed by atoms with Gasteiger partial charge in [-0.15, -0.1) is 68.0 Å². The molecule has 0 radical (unpaired) electrons. The van der Waals surface area contributed by atoms with Gasteiger partial charge >= 0.3 is 47.8 Å². The van der Waals surface area contributed by atoms with Crippen LogP contribution in [0.1, 0.15) is 110 Å². The molecule has 6 aromatic rings. The van der Waals surface area contributed by atoms with Crippen LogP contribution in [0.15, 0.2) is 72.8 Å². The first-order chi connectivity index (χ1) is 48.0. The number of nitrogens with one attached hydrogen (secondary N) is 5. The highest BCUT2D eigenvalue weighted by molar-refractivity contribution is 7.30. The van der Waals surface area contributed by atoms with E-state index in [-0.39, 0.29) is 11.3 Å². The number of ketones is 5. The van der Waals surface area contributed by atoms with Gasteiger partial charge in [-0.1, -0.05) is 6.92 Å². The second-order valence-electron chi connectivity index (χ2n) is 23.1. The normalized spacial score (nSPS) is 13.4. The molecule has 0 spiro atoms. The molecule has 0 aromatic carbocycles.